The van der Waals surface area contributed by atoms with Crippen LogP contribution in [0.15, 0.2) is 48.5 Å². The van der Waals surface area contributed by atoms with Crippen LogP contribution in [0.1, 0.15) is 30.9 Å². The number of epoxide rings is 2. The van der Waals surface area contributed by atoms with Gasteiger partial charge in [0.1, 0.15) is 6.73 Å². The lowest BCUT2D eigenvalue weighted by atomic mass is 10.0. The number of benzene rings is 2. The number of anilines is 2. The molecule has 0 aromatic heterocycles. The monoisotopic (exact) mass is 422 g/mol. The molecule has 2 atom stereocenters. The van der Waals surface area contributed by atoms with E-state index >= 15 is 0 Å². The zero-order chi connectivity index (χ0) is 21.0. The van der Waals surface area contributed by atoms with Gasteiger partial charge in [0.2, 0.25) is 0 Å². The van der Waals surface area contributed by atoms with Crippen molar-refractivity contribution >= 4 is 11.4 Å². The normalized spacial score (nSPS) is 21.7. The summed E-state index contributed by atoms with van der Waals surface area (Å²) in [5, 5.41) is 0. The maximum Gasteiger partial charge on any atom is 0.119 e. The Kier molecular flexibility index (Phi) is 6.44. The third-order valence-corrected chi connectivity index (χ3v) is 6.29. The molecule has 2 unspecified atom stereocenters. The first-order valence-electron chi connectivity index (χ1n) is 11.8. The van der Waals surface area contributed by atoms with Gasteiger partial charge in [0, 0.05) is 37.6 Å². The van der Waals surface area contributed by atoms with Crippen molar-refractivity contribution in [2.24, 2.45) is 5.92 Å². The Bertz CT molecular complexity index is 813. The molecule has 2 heterocycles. The highest BCUT2D eigenvalue weighted by atomic mass is 16.6. The molecule has 3 fully saturated rings. The third-order valence-electron chi connectivity index (χ3n) is 6.29. The molecule has 0 amide bonds. The standard InChI is InChI=1S/C26H34N2O3/c1-2-29-19-28(16-26-18-31-26)24-11-7-21(8-12-24)13-20-5-9-23(10-6-20)27(14-22-3-4-22)15-25-17-30-25/h5-12,22,25-26H,2-4,13-19H2,1H3. The minimum absolute atomic E-state index is 0.351. The average Bonchev–Trinajstić information content (AvgIpc) is 3.62. The van der Waals surface area contributed by atoms with E-state index in [4.69, 9.17) is 14.2 Å². The predicted molar refractivity (Wildman–Crippen MR) is 124 cm³/mol. The van der Waals surface area contributed by atoms with Gasteiger partial charge in [0.05, 0.1) is 25.4 Å². The van der Waals surface area contributed by atoms with E-state index in [1.807, 2.05) is 6.92 Å². The van der Waals surface area contributed by atoms with Crippen LogP contribution in [0.25, 0.3) is 0 Å². The van der Waals surface area contributed by atoms with E-state index in [1.165, 1.54) is 41.9 Å². The molecule has 2 aromatic carbocycles. The molecule has 2 saturated heterocycles. The highest BCUT2D eigenvalue weighted by Gasteiger charge is 2.30. The van der Waals surface area contributed by atoms with Crippen LogP contribution in [0.2, 0.25) is 0 Å². The van der Waals surface area contributed by atoms with Gasteiger partial charge in [-0.25, -0.2) is 0 Å². The summed E-state index contributed by atoms with van der Waals surface area (Å²) < 4.78 is 16.5. The lowest BCUT2D eigenvalue weighted by molar-refractivity contribution is 0.146. The molecule has 0 radical (unpaired) electrons. The SMILES string of the molecule is CCOCN(CC1CO1)c1ccc(Cc2ccc(N(CC3CC3)CC3CO3)cc2)cc1. The van der Waals surface area contributed by atoms with Gasteiger partial charge in [-0.1, -0.05) is 24.3 Å². The Hall–Kier alpha value is -2.08. The van der Waals surface area contributed by atoms with Gasteiger partial charge < -0.3 is 24.0 Å². The first-order valence-corrected chi connectivity index (χ1v) is 11.8. The van der Waals surface area contributed by atoms with E-state index in [-0.39, 0.29) is 0 Å². The zero-order valence-corrected chi connectivity index (χ0v) is 18.5. The Balaban J connectivity index is 1.20. The molecule has 166 valence electrons. The Morgan fingerprint density at radius 3 is 1.77 bits per heavy atom. The molecule has 0 spiro atoms. The van der Waals surface area contributed by atoms with Crippen LogP contribution in [-0.2, 0) is 20.6 Å². The Morgan fingerprint density at radius 1 is 0.774 bits per heavy atom. The summed E-state index contributed by atoms with van der Waals surface area (Å²) in [5.74, 6) is 0.880. The zero-order valence-electron chi connectivity index (χ0n) is 18.5. The van der Waals surface area contributed by atoms with E-state index in [0.717, 1.165) is 45.2 Å². The molecule has 3 aliphatic rings. The fraction of sp³-hybridized carbons (Fsp3) is 0.538. The second-order valence-corrected chi connectivity index (χ2v) is 9.11. The van der Waals surface area contributed by atoms with Crippen LogP contribution < -0.4 is 9.80 Å². The van der Waals surface area contributed by atoms with Gasteiger partial charge in [-0.2, -0.15) is 0 Å². The molecule has 5 nitrogen and oxygen atoms in total. The number of rotatable bonds is 13. The fourth-order valence-electron chi connectivity index (χ4n) is 4.06. The molecular weight excluding hydrogens is 388 g/mol. The van der Waals surface area contributed by atoms with Crippen LogP contribution >= 0.6 is 0 Å². The maximum absolute atomic E-state index is 5.65. The minimum atomic E-state index is 0.351. The van der Waals surface area contributed by atoms with Crippen molar-refractivity contribution < 1.29 is 14.2 Å². The second-order valence-electron chi connectivity index (χ2n) is 9.11. The maximum atomic E-state index is 5.65. The summed E-state index contributed by atoms with van der Waals surface area (Å²) in [7, 11) is 0. The quantitative estimate of drug-likeness (QED) is 0.359. The topological polar surface area (TPSA) is 40.8 Å². The number of ether oxygens (including phenoxy) is 3. The van der Waals surface area contributed by atoms with E-state index < -0.39 is 0 Å². The fourth-order valence-corrected chi connectivity index (χ4v) is 4.06. The van der Waals surface area contributed by atoms with Crippen LogP contribution in [0.5, 0.6) is 0 Å². The lowest BCUT2D eigenvalue weighted by Gasteiger charge is -2.24. The molecule has 5 heteroatoms. The van der Waals surface area contributed by atoms with Gasteiger partial charge >= 0.3 is 0 Å². The molecule has 31 heavy (non-hydrogen) atoms. The summed E-state index contributed by atoms with van der Waals surface area (Å²) in [6.07, 6.45) is 4.50. The second kappa shape index (κ2) is 9.60. The predicted octanol–water partition coefficient (Wildman–Crippen LogP) is 4.09. The highest BCUT2D eigenvalue weighted by molar-refractivity contribution is 5.50. The largest absolute Gasteiger partial charge is 0.371 e. The first-order chi connectivity index (χ1) is 15.3. The van der Waals surface area contributed by atoms with Crippen molar-refractivity contribution in [3.8, 4) is 0 Å². The van der Waals surface area contributed by atoms with Crippen molar-refractivity contribution in [1.82, 2.24) is 0 Å². The molecule has 1 aliphatic carbocycles. The molecule has 1 saturated carbocycles. The lowest BCUT2D eigenvalue weighted by Crippen LogP contribution is -2.30. The summed E-state index contributed by atoms with van der Waals surface area (Å²) in [5.41, 5.74) is 5.20. The molecule has 0 bridgehead atoms. The molecule has 0 N–H and O–H groups in total. The molecule has 5 rings (SSSR count). The minimum Gasteiger partial charge on any atom is -0.371 e. The van der Waals surface area contributed by atoms with Gasteiger partial charge in [-0.05, 0) is 67.5 Å². The smallest absolute Gasteiger partial charge is 0.119 e. The van der Waals surface area contributed by atoms with E-state index in [0.29, 0.717) is 18.9 Å². The molecule has 2 aromatic rings. The summed E-state index contributed by atoms with van der Waals surface area (Å²) in [6.45, 7) is 8.25. The molecule has 2 aliphatic heterocycles. The van der Waals surface area contributed by atoms with E-state index in [1.54, 1.807) is 0 Å². The average molecular weight is 423 g/mol. The van der Waals surface area contributed by atoms with Gasteiger partial charge in [0.15, 0.2) is 0 Å². The summed E-state index contributed by atoms with van der Waals surface area (Å²) in [6, 6.07) is 18.0. The van der Waals surface area contributed by atoms with E-state index in [9.17, 15) is 0 Å². The highest BCUT2D eigenvalue weighted by Crippen LogP contribution is 2.32. The van der Waals surface area contributed by atoms with Crippen molar-refractivity contribution in [3.63, 3.8) is 0 Å². The van der Waals surface area contributed by atoms with Crippen LogP contribution in [0, 0.1) is 5.92 Å². The van der Waals surface area contributed by atoms with Gasteiger partial charge in [-0.15, -0.1) is 0 Å². The van der Waals surface area contributed by atoms with E-state index in [2.05, 4.69) is 58.3 Å². The van der Waals surface area contributed by atoms with Gasteiger partial charge in [0.25, 0.3) is 0 Å². The number of nitrogens with zero attached hydrogens (tertiary/aromatic N) is 2. The Labute approximate surface area is 185 Å². The van der Waals surface area contributed by atoms with Crippen LogP contribution in [0.4, 0.5) is 11.4 Å². The van der Waals surface area contributed by atoms with Gasteiger partial charge in [-0.3, -0.25) is 0 Å². The van der Waals surface area contributed by atoms with Crippen LogP contribution in [-0.4, -0.2) is 58.4 Å². The number of hydrogen-bond acceptors (Lipinski definition) is 5. The van der Waals surface area contributed by atoms with Crippen molar-refractivity contribution in [1.29, 1.82) is 0 Å². The van der Waals surface area contributed by atoms with Crippen LogP contribution in [0.3, 0.4) is 0 Å². The van der Waals surface area contributed by atoms with Crippen molar-refractivity contribution in [2.75, 3.05) is 56.0 Å². The molecular formula is C26H34N2O3. The van der Waals surface area contributed by atoms with Crippen molar-refractivity contribution in [3.05, 3.63) is 59.7 Å². The number of hydrogen-bond donors (Lipinski definition) is 0. The van der Waals surface area contributed by atoms with Crippen molar-refractivity contribution in [2.45, 2.75) is 38.4 Å². The Morgan fingerprint density at radius 2 is 1.29 bits per heavy atom. The summed E-state index contributed by atoms with van der Waals surface area (Å²) in [4.78, 5) is 4.78. The first kappa shape index (κ1) is 20.8. The third kappa shape index (κ3) is 6.22. The summed E-state index contributed by atoms with van der Waals surface area (Å²) >= 11 is 0.